The van der Waals surface area contributed by atoms with Crippen LogP contribution in [-0.2, 0) is 15.1 Å². The minimum absolute atomic E-state index is 0.180. The first-order chi connectivity index (χ1) is 8.20. The highest BCUT2D eigenvalue weighted by molar-refractivity contribution is 9.10. The van der Waals surface area contributed by atoms with Crippen LogP contribution in [0.1, 0.15) is 5.69 Å². The van der Waals surface area contributed by atoms with Crippen LogP contribution in [0.25, 0.3) is 0 Å². The second kappa shape index (κ2) is 5.22. The maximum Gasteiger partial charge on any atom is 0.139 e. The Kier molecular flexibility index (Phi) is 3.88. The first kappa shape index (κ1) is 12.6. The van der Waals surface area contributed by atoms with Gasteiger partial charge >= 0.3 is 0 Å². The van der Waals surface area contributed by atoms with E-state index in [2.05, 4.69) is 26.2 Å². The summed E-state index contributed by atoms with van der Waals surface area (Å²) in [5.74, 6) is 0. The lowest BCUT2D eigenvalue weighted by Gasteiger charge is -2.38. The molecule has 92 valence electrons. The highest BCUT2D eigenvalue weighted by Crippen LogP contribution is 2.24. The van der Waals surface area contributed by atoms with Gasteiger partial charge in [0.1, 0.15) is 16.4 Å². The number of aromatic nitrogens is 1. The van der Waals surface area contributed by atoms with E-state index >= 15 is 0 Å². The van der Waals surface area contributed by atoms with Crippen LogP contribution in [0.15, 0.2) is 22.8 Å². The second-order valence-corrected chi connectivity index (χ2v) is 4.80. The van der Waals surface area contributed by atoms with Crippen molar-refractivity contribution < 1.29 is 14.6 Å². The molecule has 1 aromatic rings. The minimum Gasteiger partial charge on any atom is -0.394 e. The number of hydrogen-bond acceptors (Lipinski definition) is 5. The van der Waals surface area contributed by atoms with Crippen molar-refractivity contribution in [2.75, 3.05) is 19.8 Å². The number of ether oxygens (including phenoxy) is 1. The number of halogens is 1. The Balaban J connectivity index is 2.33. The van der Waals surface area contributed by atoms with Crippen LogP contribution in [0.5, 0.6) is 0 Å². The number of carbonyl (C=O) groups is 1. The molecule has 17 heavy (non-hydrogen) atoms. The molecule has 0 aromatic carbocycles. The van der Waals surface area contributed by atoms with Crippen LogP contribution in [0.3, 0.4) is 0 Å². The fourth-order valence-electron chi connectivity index (χ4n) is 1.87. The zero-order chi connectivity index (χ0) is 12.3. The standard InChI is InChI=1S/C11H13BrN2O3/c12-10-3-1-2-9(13-10)11(6-16)7-17-5-8(4-15)14-11/h1-4,8,14,16H,5-7H2. The average molecular weight is 301 g/mol. The molecule has 0 radical (unpaired) electrons. The molecule has 2 heterocycles. The molecule has 2 atom stereocenters. The van der Waals surface area contributed by atoms with Crippen LogP contribution >= 0.6 is 15.9 Å². The van der Waals surface area contributed by atoms with Gasteiger partial charge in [-0.2, -0.15) is 0 Å². The van der Waals surface area contributed by atoms with E-state index in [-0.39, 0.29) is 13.2 Å². The quantitative estimate of drug-likeness (QED) is 0.617. The molecule has 1 aromatic heterocycles. The summed E-state index contributed by atoms with van der Waals surface area (Å²) in [5, 5.41) is 12.7. The van der Waals surface area contributed by atoms with E-state index in [1.807, 2.05) is 6.07 Å². The summed E-state index contributed by atoms with van der Waals surface area (Å²) in [5.41, 5.74) is -0.158. The van der Waals surface area contributed by atoms with Crippen LogP contribution in [0.4, 0.5) is 0 Å². The van der Waals surface area contributed by atoms with Crippen LogP contribution in [-0.4, -0.2) is 42.2 Å². The van der Waals surface area contributed by atoms with Crippen molar-refractivity contribution in [1.29, 1.82) is 0 Å². The Labute approximate surface area is 107 Å². The molecule has 0 bridgehead atoms. The number of aldehydes is 1. The number of nitrogens with one attached hydrogen (secondary N) is 1. The second-order valence-electron chi connectivity index (χ2n) is 3.99. The zero-order valence-electron chi connectivity index (χ0n) is 9.10. The normalized spacial score (nSPS) is 28.9. The number of hydrogen-bond donors (Lipinski definition) is 2. The smallest absolute Gasteiger partial charge is 0.139 e. The number of aliphatic hydroxyl groups is 1. The predicted molar refractivity (Wildman–Crippen MR) is 64.5 cm³/mol. The maximum atomic E-state index is 10.8. The fourth-order valence-corrected chi connectivity index (χ4v) is 2.21. The molecule has 6 heteroatoms. The number of nitrogens with zero attached hydrogens (tertiary/aromatic N) is 1. The van der Waals surface area contributed by atoms with Gasteiger partial charge in [-0.25, -0.2) is 4.98 Å². The SMILES string of the molecule is O=CC1COCC(CO)(c2cccc(Br)n2)N1. The number of rotatable bonds is 3. The fraction of sp³-hybridized carbons (Fsp3) is 0.455. The van der Waals surface area contributed by atoms with Gasteiger partial charge in [-0.05, 0) is 28.1 Å². The van der Waals surface area contributed by atoms with Gasteiger partial charge in [-0.3, -0.25) is 5.32 Å². The Hall–Kier alpha value is -0.820. The molecular formula is C11H13BrN2O3. The molecule has 2 unspecified atom stereocenters. The molecule has 2 rings (SSSR count). The number of carbonyl (C=O) groups excluding carboxylic acids is 1. The first-order valence-electron chi connectivity index (χ1n) is 5.25. The van der Waals surface area contributed by atoms with E-state index in [0.717, 1.165) is 6.29 Å². The largest absolute Gasteiger partial charge is 0.394 e. The first-order valence-corrected chi connectivity index (χ1v) is 6.04. The van der Waals surface area contributed by atoms with E-state index in [9.17, 15) is 9.90 Å². The number of morpholine rings is 1. The highest BCUT2D eigenvalue weighted by Gasteiger charge is 2.39. The van der Waals surface area contributed by atoms with E-state index in [1.165, 1.54) is 0 Å². The summed E-state index contributed by atoms with van der Waals surface area (Å²) in [4.78, 5) is 15.1. The summed E-state index contributed by atoms with van der Waals surface area (Å²) in [6.45, 7) is 0.428. The van der Waals surface area contributed by atoms with Crippen LogP contribution in [0.2, 0.25) is 0 Å². The molecule has 1 aliphatic heterocycles. The molecule has 2 N–H and O–H groups in total. The van der Waals surface area contributed by atoms with E-state index in [4.69, 9.17) is 4.74 Å². The Morgan fingerprint density at radius 2 is 2.53 bits per heavy atom. The summed E-state index contributed by atoms with van der Waals surface area (Å²) >= 11 is 3.28. The summed E-state index contributed by atoms with van der Waals surface area (Å²) in [6.07, 6.45) is 0.779. The van der Waals surface area contributed by atoms with Gasteiger partial charge in [-0.1, -0.05) is 6.07 Å². The Morgan fingerprint density at radius 3 is 3.18 bits per heavy atom. The third kappa shape index (κ3) is 2.55. The van der Waals surface area contributed by atoms with E-state index < -0.39 is 11.6 Å². The molecular weight excluding hydrogens is 288 g/mol. The number of aliphatic hydroxyl groups excluding tert-OH is 1. The van der Waals surface area contributed by atoms with Crippen molar-refractivity contribution in [2.24, 2.45) is 0 Å². The van der Waals surface area contributed by atoms with Gasteiger partial charge in [0.15, 0.2) is 0 Å². The number of pyridine rings is 1. The molecule has 0 amide bonds. The van der Waals surface area contributed by atoms with E-state index in [0.29, 0.717) is 16.9 Å². The van der Waals surface area contributed by atoms with Crippen molar-refractivity contribution in [3.05, 3.63) is 28.5 Å². The lowest BCUT2D eigenvalue weighted by Crippen LogP contribution is -2.59. The third-order valence-electron chi connectivity index (χ3n) is 2.75. The highest BCUT2D eigenvalue weighted by atomic mass is 79.9. The molecule has 0 aliphatic carbocycles. The van der Waals surface area contributed by atoms with Gasteiger partial charge in [0.25, 0.3) is 0 Å². The van der Waals surface area contributed by atoms with Crippen molar-refractivity contribution in [1.82, 2.24) is 10.3 Å². The van der Waals surface area contributed by atoms with Crippen molar-refractivity contribution in [3.8, 4) is 0 Å². The topological polar surface area (TPSA) is 71.5 Å². The molecule has 1 saturated heterocycles. The summed E-state index contributed by atoms with van der Waals surface area (Å²) in [7, 11) is 0. The van der Waals surface area contributed by atoms with Gasteiger partial charge in [0.2, 0.25) is 0 Å². The third-order valence-corrected chi connectivity index (χ3v) is 3.19. The van der Waals surface area contributed by atoms with E-state index in [1.54, 1.807) is 12.1 Å². The lowest BCUT2D eigenvalue weighted by molar-refractivity contribution is -0.116. The predicted octanol–water partition coefficient (Wildman–Crippen LogP) is 0.219. The molecule has 0 spiro atoms. The molecule has 5 nitrogen and oxygen atoms in total. The van der Waals surface area contributed by atoms with Gasteiger partial charge in [0, 0.05) is 0 Å². The Bertz CT molecular complexity index is 415. The Morgan fingerprint density at radius 1 is 1.71 bits per heavy atom. The van der Waals surface area contributed by atoms with Gasteiger partial charge < -0.3 is 14.6 Å². The van der Waals surface area contributed by atoms with Crippen molar-refractivity contribution in [2.45, 2.75) is 11.6 Å². The summed E-state index contributed by atoms with van der Waals surface area (Å²) < 4.78 is 6.04. The molecule has 1 fully saturated rings. The van der Waals surface area contributed by atoms with Crippen molar-refractivity contribution >= 4 is 22.2 Å². The monoisotopic (exact) mass is 300 g/mol. The molecule has 1 aliphatic rings. The van der Waals surface area contributed by atoms with Crippen molar-refractivity contribution in [3.63, 3.8) is 0 Å². The maximum absolute atomic E-state index is 10.8. The van der Waals surface area contributed by atoms with Crippen LogP contribution < -0.4 is 5.32 Å². The van der Waals surface area contributed by atoms with Gasteiger partial charge in [-0.15, -0.1) is 0 Å². The van der Waals surface area contributed by atoms with Crippen LogP contribution in [0, 0.1) is 0 Å². The minimum atomic E-state index is -0.812. The molecule has 0 saturated carbocycles. The average Bonchev–Trinajstić information content (AvgIpc) is 2.38. The lowest BCUT2D eigenvalue weighted by atomic mass is 9.94. The summed E-state index contributed by atoms with van der Waals surface area (Å²) in [6, 6.07) is 5.01. The zero-order valence-corrected chi connectivity index (χ0v) is 10.7. The van der Waals surface area contributed by atoms with Gasteiger partial charge in [0.05, 0.1) is 31.6 Å².